The minimum atomic E-state index is -3.20. The standard InChI is InChI=1S/C14H20N4O3S/c19-14-2-1-5-16(14)7-12-9-17(22(20,21)13-3-4-13)8-11-6-15-10-18(11)12/h6,10,12-13H,1-5,7-9H2/t12-/m1/s1. The van der Waals surface area contributed by atoms with Crippen LogP contribution in [0.15, 0.2) is 12.5 Å². The van der Waals surface area contributed by atoms with Crippen molar-refractivity contribution in [3.05, 3.63) is 18.2 Å². The lowest BCUT2D eigenvalue weighted by atomic mass is 10.2. The molecule has 2 fully saturated rings. The van der Waals surface area contributed by atoms with E-state index >= 15 is 0 Å². The third-order valence-corrected chi connectivity index (χ3v) is 7.11. The highest BCUT2D eigenvalue weighted by Crippen LogP contribution is 2.34. The first-order valence-electron chi connectivity index (χ1n) is 7.83. The summed E-state index contributed by atoms with van der Waals surface area (Å²) in [6, 6.07) is -0.0400. The van der Waals surface area contributed by atoms with E-state index < -0.39 is 10.0 Å². The Bertz CT molecular complexity index is 695. The topological polar surface area (TPSA) is 75.5 Å². The molecule has 0 N–H and O–H groups in total. The number of sulfonamides is 1. The third kappa shape index (κ3) is 2.34. The van der Waals surface area contributed by atoms with E-state index in [1.54, 1.807) is 16.8 Å². The lowest BCUT2D eigenvalue weighted by Crippen LogP contribution is -2.45. The Balaban J connectivity index is 1.59. The van der Waals surface area contributed by atoms with Crippen molar-refractivity contribution in [1.29, 1.82) is 0 Å². The number of fused-ring (bicyclic) bond motifs is 1. The maximum atomic E-state index is 12.5. The van der Waals surface area contributed by atoms with Gasteiger partial charge in [0.2, 0.25) is 15.9 Å². The molecule has 3 heterocycles. The van der Waals surface area contributed by atoms with Crippen LogP contribution in [0.4, 0.5) is 0 Å². The maximum Gasteiger partial charge on any atom is 0.222 e. The summed E-state index contributed by atoms with van der Waals surface area (Å²) in [7, 11) is -3.20. The molecule has 1 aromatic heterocycles. The Morgan fingerprint density at radius 1 is 1.32 bits per heavy atom. The normalized spacial score (nSPS) is 26.5. The summed E-state index contributed by atoms with van der Waals surface area (Å²) >= 11 is 0. The molecule has 22 heavy (non-hydrogen) atoms. The lowest BCUT2D eigenvalue weighted by molar-refractivity contribution is -0.128. The van der Waals surface area contributed by atoms with E-state index in [0.29, 0.717) is 26.1 Å². The molecule has 1 aromatic rings. The van der Waals surface area contributed by atoms with E-state index in [1.807, 2.05) is 9.47 Å². The van der Waals surface area contributed by atoms with Crippen molar-refractivity contribution in [3.8, 4) is 0 Å². The molecule has 0 radical (unpaired) electrons. The van der Waals surface area contributed by atoms with Crippen LogP contribution in [0.2, 0.25) is 0 Å². The highest BCUT2D eigenvalue weighted by Gasteiger charge is 2.43. The first-order valence-corrected chi connectivity index (χ1v) is 9.33. The number of rotatable bonds is 4. The molecule has 4 rings (SSSR count). The molecule has 0 bridgehead atoms. The molecule has 1 saturated carbocycles. The average molecular weight is 324 g/mol. The molecule has 0 aromatic carbocycles. The van der Waals surface area contributed by atoms with Crippen molar-refractivity contribution in [1.82, 2.24) is 18.8 Å². The van der Waals surface area contributed by atoms with Crippen LogP contribution in [0.3, 0.4) is 0 Å². The molecular formula is C14H20N4O3S. The number of imidazole rings is 1. The van der Waals surface area contributed by atoms with E-state index in [-0.39, 0.29) is 17.2 Å². The number of amides is 1. The van der Waals surface area contributed by atoms with Gasteiger partial charge in [-0.25, -0.2) is 13.4 Å². The summed E-state index contributed by atoms with van der Waals surface area (Å²) in [6.45, 7) is 2.17. The highest BCUT2D eigenvalue weighted by atomic mass is 32.2. The van der Waals surface area contributed by atoms with Crippen molar-refractivity contribution in [2.75, 3.05) is 19.6 Å². The molecule has 120 valence electrons. The van der Waals surface area contributed by atoms with Crippen molar-refractivity contribution in [2.24, 2.45) is 0 Å². The Morgan fingerprint density at radius 3 is 2.82 bits per heavy atom. The second-order valence-corrected chi connectivity index (χ2v) is 8.64. The average Bonchev–Trinajstić information content (AvgIpc) is 3.13. The molecule has 1 amide bonds. The minimum Gasteiger partial charge on any atom is -0.341 e. The zero-order valence-electron chi connectivity index (χ0n) is 12.4. The fourth-order valence-corrected chi connectivity index (χ4v) is 5.26. The van der Waals surface area contributed by atoms with Gasteiger partial charge in [0.15, 0.2) is 0 Å². The number of likely N-dealkylation sites (tertiary alicyclic amines) is 1. The predicted octanol–water partition coefficient (Wildman–Crippen LogP) is 0.354. The number of hydrogen-bond acceptors (Lipinski definition) is 4. The zero-order valence-corrected chi connectivity index (χ0v) is 13.2. The van der Waals surface area contributed by atoms with Gasteiger partial charge < -0.3 is 9.47 Å². The van der Waals surface area contributed by atoms with Gasteiger partial charge >= 0.3 is 0 Å². The summed E-state index contributed by atoms with van der Waals surface area (Å²) in [5.74, 6) is 0.170. The van der Waals surface area contributed by atoms with Gasteiger partial charge in [-0.2, -0.15) is 4.31 Å². The van der Waals surface area contributed by atoms with Crippen LogP contribution < -0.4 is 0 Å². The summed E-state index contributed by atoms with van der Waals surface area (Å²) < 4.78 is 28.7. The predicted molar refractivity (Wildman–Crippen MR) is 79.4 cm³/mol. The summed E-state index contributed by atoms with van der Waals surface area (Å²) in [5.41, 5.74) is 0.909. The Hall–Kier alpha value is -1.41. The second kappa shape index (κ2) is 5.06. The van der Waals surface area contributed by atoms with E-state index in [1.165, 1.54) is 0 Å². The van der Waals surface area contributed by atoms with Crippen LogP contribution in [0.5, 0.6) is 0 Å². The second-order valence-electron chi connectivity index (χ2n) is 6.43. The van der Waals surface area contributed by atoms with Gasteiger partial charge in [0.1, 0.15) is 0 Å². The smallest absolute Gasteiger partial charge is 0.222 e. The van der Waals surface area contributed by atoms with Crippen LogP contribution in [-0.2, 0) is 21.4 Å². The largest absolute Gasteiger partial charge is 0.341 e. The fraction of sp³-hybridized carbons (Fsp3) is 0.714. The van der Waals surface area contributed by atoms with Gasteiger partial charge in [0.05, 0.1) is 29.9 Å². The summed E-state index contributed by atoms with van der Waals surface area (Å²) in [6.07, 6.45) is 6.52. The van der Waals surface area contributed by atoms with Gasteiger partial charge in [-0.1, -0.05) is 0 Å². The van der Waals surface area contributed by atoms with E-state index in [2.05, 4.69) is 4.98 Å². The molecule has 1 aliphatic carbocycles. The highest BCUT2D eigenvalue weighted by molar-refractivity contribution is 7.90. The molecule has 1 atom stereocenters. The van der Waals surface area contributed by atoms with Gasteiger partial charge in [0, 0.05) is 32.3 Å². The van der Waals surface area contributed by atoms with Gasteiger partial charge in [-0.15, -0.1) is 0 Å². The third-order valence-electron chi connectivity index (χ3n) is 4.80. The molecule has 8 heteroatoms. The van der Waals surface area contributed by atoms with Crippen molar-refractivity contribution in [2.45, 2.75) is 43.5 Å². The van der Waals surface area contributed by atoms with Gasteiger partial charge in [-0.05, 0) is 19.3 Å². The number of hydrogen-bond donors (Lipinski definition) is 0. The van der Waals surface area contributed by atoms with Crippen LogP contribution in [0, 0.1) is 0 Å². The molecule has 7 nitrogen and oxygen atoms in total. The molecule has 3 aliphatic rings. The van der Waals surface area contributed by atoms with Crippen molar-refractivity contribution in [3.63, 3.8) is 0 Å². The van der Waals surface area contributed by atoms with Crippen molar-refractivity contribution < 1.29 is 13.2 Å². The first-order chi connectivity index (χ1) is 10.6. The zero-order chi connectivity index (χ0) is 15.3. The lowest BCUT2D eigenvalue weighted by Gasteiger charge is -2.35. The molecule has 2 aliphatic heterocycles. The number of carbonyl (C=O) groups excluding carboxylic acids is 1. The van der Waals surface area contributed by atoms with Gasteiger partial charge in [-0.3, -0.25) is 4.79 Å². The van der Waals surface area contributed by atoms with E-state index in [9.17, 15) is 13.2 Å². The SMILES string of the molecule is O=C1CCCN1C[C@@H]1CN(S(=O)(=O)C2CC2)Cc2cncn21. The summed E-state index contributed by atoms with van der Waals surface area (Å²) in [5, 5.41) is -0.198. The number of nitrogens with zero attached hydrogens (tertiary/aromatic N) is 4. The Labute approximate surface area is 130 Å². The fourth-order valence-electron chi connectivity index (χ4n) is 3.42. The molecule has 0 unspecified atom stereocenters. The Morgan fingerprint density at radius 2 is 2.14 bits per heavy atom. The molecule has 1 saturated heterocycles. The van der Waals surface area contributed by atoms with Crippen LogP contribution >= 0.6 is 0 Å². The molecular weight excluding hydrogens is 304 g/mol. The monoisotopic (exact) mass is 324 g/mol. The van der Waals surface area contributed by atoms with Crippen LogP contribution in [0.25, 0.3) is 0 Å². The van der Waals surface area contributed by atoms with E-state index in [4.69, 9.17) is 0 Å². The quantitative estimate of drug-likeness (QED) is 0.801. The maximum absolute atomic E-state index is 12.5. The summed E-state index contributed by atoms with van der Waals surface area (Å²) in [4.78, 5) is 17.9. The van der Waals surface area contributed by atoms with Gasteiger partial charge in [0.25, 0.3) is 0 Å². The number of aromatic nitrogens is 2. The molecule has 0 spiro atoms. The van der Waals surface area contributed by atoms with Crippen LogP contribution in [0.1, 0.15) is 37.4 Å². The first kappa shape index (κ1) is 14.2. The van der Waals surface area contributed by atoms with E-state index in [0.717, 1.165) is 31.5 Å². The van der Waals surface area contributed by atoms with Crippen LogP contribution in [-0.4, -0.2) is 58.0 Å². The Kier molecular flexibility index (Phi) is 3.26. The van der Waals surface area contributed by atoms with Crippen molar-refractivity contribution >= 4 is 15.9 Å². The number of carbonyl (C=O) groups is 1. The minimum absolute atomic E-state index is 0.0400.